The van der Waals surface area contributed by atoms with Gasteiger partial charge < -0.3 is 0 Å². The van der Waals surface area contributed by atoms with E-state index in [9.17, 15) is 9.18 Å². The molecule has 2 aromatic rings. The van der Waals surface area contributed by atoms with Crippen molar-refractivity contribution >= 4 is 17.9 Å². The van der Waals surface area contributed by atoms with Crippen molar-refractivity contribution in [2.75, 3.05) is 0 Å². The van der Waals surface area contributed by atoms with Crippen LogP contribution in [0.1, 0.15) is 10.4 Å². The van der Waals surface area contributed by atoms with Gasteiger partial charge in [-0.2, -0.15) is 0 Å². The third-order valence-electron chi connectivity index (χ3n) is 2.30. The lowest BCUT2D eigenvalue weighted by Gasteiger charge is -2.05. The van der Waals surface area contributed by atoms with Gasteiger partial charge in [0, 0.05) is 11.1 Å². The second-order valence-electron chi connectivity index (χ2n) is 3.34. The van der Waals surface area contributed by atoms with E-state index in [-0.39, 0.29) is 5.82 Å². The van der Waals surface area contributed by atoms with Crippen LogP contribution in [0.25, 0.3) is 11.1 Å². The fourth-order valence-electron chi connectivity index (χ4n) is 1.50. The van der Waals surface area contributed by atoms with E-state index in [1.165, 1.54) is 6.07 Å². The van der Waals surface area contributed by atoms with E-state index in [4.69, 9.17) is 11.6 Å². The zero-order valence-electron chi connectivity index (χ0n) is 8.28. The predicted molar refractivity (Wildman–Crippen MR) is 62.2 cm³/mol. The van der Waals surface area contributed by atoms with Crippen molar-refractivity contribution in [3.63, 3.8) is 0 Å². The molecule has 0 bridgehead atoms. The molecule has 0 aliphatic rings. The summed E-state index contributed by atoms with van der Waals surface area (Å²) in [6, 6.07) is 11.2. The van der Waals surface area contributed by atoms with Crippen molar-refractivity contribution in [2.24, 2.45) is 0 Å². The molecule has 2 rings (SSSR count). The zero-order valence-corrected chi connectivity index (χ0v) is 9.04. The maximum absolute atomic E-state index is 13.6. The van der Waals surface area contributed by atoms with Gasteiger partial charge in [0.05, 0.1) is 5.02 Å². The van der Waals surface area contributed by atoms with E-state index in [1.807, 2.05) is 0 Å². The summed E-state index contributed by atoms with van der Waals surface area (Å²) < 4.78 is 13.6. The Balaban J connectivity index is 2.54. The topological polar surface area (TPSA) is 17.1 Å². The molecular weight excluding hydrogens is 227 g/mol. The smallest absolute Gasteiger partial charge is 0.150 e. The second-order valence-corrected chi connectivity index (χ2v) is 3.74. The minimum absolute atomic E-state index is 0.360. The first kappa shape index (κ1) is 10.8. The van der Waals surface area contributed by atoms with Crippen molar-refractivity contribution in [1.82, 2.24) is 0 Å². The summed E-state index contributed by atoms with van der Waals surface area (Å²) in [7, 11) is 0. The van der Waals surface area contributed by atoms with Crippen molar-refractivity contribution in [2.45, 2.75) is 0 Å². The van der Waals surface area contributed by atoms with Gasteiger partial charge in [0.25, 0.3) is 0 Å². The van der Waals surface area contributed by atoms with Gasteiger partial charge in [0.1, 0.15) is 12.1 Å². The number of hydrogen-bond donors (Lipinski definition) is 0. The first-order valence-corrected chi connectivity index (χ1v) is 5.10. The van der Waals surface area contributed by atoms with E-state index >= 15 is 0 Å². The normalized spacial score (nSPS) is 10.1. The van der Waals surface area contributed by atoms with Crippen LogP contribution in [0.4, 0.5) is 4.39 Å². The van der Waals surface area contributed by atoms with Crippen molar-refractivity contribution in [3.05, 3.63) is 58.9 Å². The third-order valence-corrected chi connectivity index (χ3v) is 2.61. The van der Waals surface area contributed by atoms with Crippen LogP contribution in [0.3, 0.4) is 0 Å². The zero-order chi connectivity index (χ0) is 11.5. The molecule has 0 fully saturated rings. The first-order chi connectivity index (χ1) is 7.72. The van der Waals surface area contributed by atoms with Crippen molar-refractivity contribution < 1.29 is 9.18 Å². The Kier molecular flexibility index (Phi) is 3.02. The van der Waals surface area contributed by atoms with E-state index in [1.54, 1.807) is 36.4 Å². The molecule has 0 aromatic heterocycles. The molecule has 0 amide bonds. The molecule has 0 radical (unpaired) electrons. The predicted octanol–water partition coefficient (Wildman–Crippen LogP) is 3.96. The van der Waals surface area contributed by atoms with Crippen LogP contribution >= 0.6 is 11.6 Å². The van der Waals surface area contributed by atoms with Gasteiger partial charge in [-0.05, 0) is 17.7 Å². The SMILES string of the molecule is O=Cc1ccc(-c2c(F)cccc2Cl)cc1. The van der Waals surface area contributed by atoms with Gasteiger partial charge in [-0.1, -0.05) is 41.9 Å². The van der Waals surface area contributed by atoms with Crippen LogP contribution in [-0.4, -0.2) is 6.29 Å². The Labute approximate surface area is 97.5 Å². The molecule has 16 heavy (non-hydrogen) atoms. The summed E-state index contributed by atoms with van der Waals surface area (Å²) in [5.74, 6) is -0.369. The maximum Gasteiger partial charge on any atom is 0.150 e. The summed E-state index contributed by atoms with van der Waals surface area (Å²) in [5, 5.41) is 0.360. The Bertz CT molecular complexity index is 500. The largest absolute Gasteiger partial charge is 0.298 e. The number of hydrogen-bond acceptors (Lipinski definition) is 1. The van der Waals surface area contributed by atoms with Crippen LogP contribution in [-0.2, 0) is 0 Å². The molecule has 3 heteroatoms. The van der Waals surface area contributed by atoms with Crippen LogP contribution in [0.5, 0.6) is 0 Å². The van der Waals surface area contributed by atoms with Gasteiger partial charge in [0.15, 0.2) is 0 Å². The Morgan fingerprint density at radius 2 is 1.75 bits per heavy atom. The number of carbonyl (C=O) groups is 1. The van der Waals surface area contributed by atoms with Gasteiger partial charge in [-0.15, -0.1) is 0 Å². The molecule has 0 saturated heterocycles. The molecule has 2 aromatic carbocycles. The third kappa shape index (κ3) is 1.97. The second kappa shape index (κ2) is 4.45. The van der Waals surface area contributed by atoms with Gasteiger partial charge in [-0.3, -0.25) is 4.79 Å². The number of benzene rings is 2. The van der Waals surface area contributed by atoms with E-state index in [2.05, 4.69) is 0 Å². The summed E-state index contributed by atoms with van der Waals surface area (Å²) in [6.45, 7) is 0. The number of carbonyl (C=O) groups excluding carboxylic acids is 1. The van der Waals surface area contributed by atoms with Crippen molar-refractivity contribution in [1.29, 1.82) is 0 Å². The Hall–Kier alpha value is -1.67. The average Bonchev–Trinajstić information content (AvgIpc) is 2.30. The minimum atomic E-state index is -0.369. The standard InChI is InChI=1S/C13H8ClFO/c14-11-2-1-3-12(15)13(11)10-6-4-9(8-16)5-7-10/h1-8H. The van der Waals surface area contributed by atoms with E-state index in [0.29, 0.717) is 21.7 Å². The number of aldehydes is 1. The molecular formula is C13H8ClFO. The molecule has 0 saturated carbocycles. The molecule has 0 atom stereocenters. The quantitative estimate of drug-likeness (QED) is 0.719. The highest BCUT2D eigenvalue weighted by atomic mass is 35.5. The molecule has 0 heterocycles. The lowest BCUT2D eigenvalue weighted by atomic mass is 10.0. The first-order valence-electron chi connectivity index (χ1n) is 4.72. The molecule has 0 unspecified atom stereocenters. The monoisotopic (exact) mass is 234 g/mol. The summed E-state index contributed by atoms with van der Waals surface area (Å²) in [5.41, 5.74) is 1.58. The average molecular weight is 235 g/mol. The molecule has 80 valence electrons. The van der Waals surface area contributed by atoms with Gasteiger partial charge >= 0.3 is 0 Å². The van der Waals surface area contributed by atoms with Crippen LogP contribution in [0, 0.1) is 5.82 Å². The van der Waals surface area contributed by atoms with Gasteiger partial charge in [-0.25, -0.2) is 4.39 Å². The Morgan fingerprint density at radius 1 is 1.06 bits per heavy atom. The lowest BCUT2D eigenvalue weighted by Crippen LogP contribution is -1.86. The lowest BCUT2D eigenvalue weighted by molar-refractivity contribution is 0.112. The molecule has 0 aliphatic heterocycles. The summed E-state index contributed by atoms with van der Waals surface area (Å²) >= 11 is 5.93. The van der Waals surface area contributed by atoms with Crippen molar-refractivity contribution in [3.8, 4) is 11.1 Å². The van der Waals surface area contributed by atoms with E-state index < -0.39 is 0 Å². The maximum atomic E-state index is 13.6. The highest BCUT2D eigenvalue weighted by Gasteiger charge is 2.08. The minimum Gasteiger partial charge on any atom is -0.298 e. The highest BCUT2D eigenvalue weighted by Crippen LogP contribution is 2.30. The van der Waals surface area contributed by atoms with Crippen LogP contribution in [0.15, 0.2) is 42.5 Å². The Morgan fingerprint density at radius 3 is 2.31 bits per heavy atom. The number of halogens is 2. The van der Waals surface area contributed by atoms with Crippen LogP contribution in [0.2, 0.25) is 5.02 Å². The highest BCUT2D eigenvalue weighted by molar-refractivity contribution is 6.33. The molecule has 1 nitrogen and oxygen atoms in total. The van der Waals surface area contributed by atoms with Crippen LogP contribution < -0.4 is 0 Å². The number of rotatable bonds is 2. The summed E-state index contributed by atoms with van der Waals surface area (Å²) in [4.78, 5) is 10.5. The molecule has 0 N–H and O–H groups in total. The van der Waals surface area contributed by atoms with E-state index in [0.717, 1.165) is 6.29 Å². The molecule has 0 spiro atoms. The fourth-order valence-corrected chi connectivity index (χ4v) is 1.77. The fraction of sp³-hybridized carbons (Fsp3) is 0. The molecule has 0 aliphatic carbocycles. The van der Waals surface area contributed by atoms with Gasteiger partial charge in [0.2, 0.25) is 0 Å². The summed E-state index contributed by atoms with van der Waals surface area (Å²) in [6.07, 6.45) is 0.743.